The molecule has 0 aliphatic heterocycles. The lowest BCUT2D eigenvalue weighted by Gasteiger charge is -2.10. The van der Waals surface area contributed by atoms with Crippen LogP contribution in [0.2, 0.25) is 0 Å². The number of hydrogen-bond acceptors (Lipinski definition) is 5. The highest BCUT2D eigenvalue weighted by Crippen LogP contribution is 2.40. The van der Waals surface area contributed by atoms with E-state index in [1.54, 1.807) is 7.11 Å². The lowest BCUT2D eigenvalue weighted by atomic mass is 10.0. The Morgan fingerprint density at radius 3 is 2.70 bits per heavy atom. The van der Waals surface area contributed by atoms with Crippen LogP contribution in [0.25, 0.3) is 21.3 Å². The smallest absolute Gasteiger partial charge is 0.329 e. The van der Waals surface area contributed by atoms with E-state index in [1.165, 1.54) is 11.3 Å². The van der Waals surface area contributed by atoms with Gasteiger partial charge in [0.1, 0.15) is 10.6 Å². The Morgan fingerprint density at radius 2 is 2.04 bits per heavy atom. The van der Waals surface area contributed by atoms with Crippen LogP contribution < -0.4 is 16.0 Å². The Hall–Kier alpha value is -2.87. The van der Waals surface area contributed by atoms with Crippen molar-refractivity contribution < 1.29 is 14.6 Å². The van der Waals surface area contributed by atoms with Crippen LogP contribution in [0.3, 0.4) is 0 Å². The maximum Gasteiger partial charge on any atom is 0.329 e. The van der Waals surface area contributed by atoms with Crippen LogP contribution in [-0.4, -0.2) is 27.7 Å². The second-order valence-electron chi connectivity index (χ2n) is 6.33. The first-order valence-electron chi connectivity index (χ1n) is 8.46. The number of methoxy groups -OCH3 is 1. The van der Waals surface area contributed by atoms with E-state index >= 15 is 0 Å². The normalized spacial score (nSPS) is 11.1. The Kier molecular flexibility index (Phi) is 5.18. The van der Waals surface area contributed by atoms with E-state index in [0.717, 1.165) is 26.1 Å². The molecule has 0 bridgehead atoms. The van der Waals surface area contributed by atoms with E-state index < -0.39 is 17.2 Å². The van der Waals surface area contributed by atoms with E-state index in [4.69, 9.17) is 9.84 Å². The van der Waals surface area contributed by atoms with E-state index in [1.807, 2.05) is 32.0 Å². The number of aryl methyl sites for hydroxylation is 2. The lowest BCUT2D eigenvalue weighted by Crippen LogP contribution is -2.35. The molecule has 2 N–H and O–H groups in total. The van der Waals surface area contributed by atoms with Crippen LogP contribution in [0.5, 0.6) is 5.75 Å². The number of aromatic amines is 1. The zero-order valence-corrected chi connectivity index (χ0v) is 16.1. The van der Waals surface area contributed by atoms with Gasteiger partial charge >= 0.3 is 11.7 Å². The number of nitrogens with zero attached hydrogens (tertiary/aromatic N) is 1. The summed E-state index contributed by atoms with van der Waals surface area (Å²) < 4.78 is 6.54. The second-order valence-corrected chi connectivity index (χ2v) is 7.55. The maximum atomic E-state index is 13.1. The molecule has 0 saturated carbocycles. The van der Waals surface area contributed by atoms with Crippen molar-refractivity contribution in [2.45, 2.75) is 33.2 Å². The average molecular weight is 388 g/mol. The summed E-state index contributed by atoms with van der Waals surface area (Å²) >= 11 is 1.35. The van der Waals surface area contributed by atoms with Crippen molar-refractivity contribution in [2.75, 3.05) is 7.11 Å². The molecule has 8 heteroatoms. The number of benzene rings is 1. The number of ether oxygens (including phenoxy) is 1. The van der Waals surface area contributed by atoms with E-state index in [-0.39, 0.29) is 19.4 Å². The minimum absolute atomic E-state index is 0.0513. The van der Waals surface area contributed by atoms with Gasteiger partial charge in [-0.25, -0.2) is 4.79 Å². The van der Waals surface area contributed by atoms with E-state index in [0.29, 0.717) is 16.0 Å². The molecule has 7 nitrogen and oxygen atoms in total. The van der Waals surface area contributed by atoms with Gasteiger partial charge in [-0.05, 0) is 32.4 Å². The fraction of sp³-hybridized carbons (Fsp3) is 0.316. The quantitative estimate of drug-likeness (QED) is 0.676. The Bertz CT molecular complexity index is 1140. The number of nitrogens with one attached hydrogen (secondary N) is 1. The number of carbonyl (C=O) groups is 1. The summed E-state index contributed by atoms with van der Waals surface area (Å²) in [6.45, 7) is 3.91. The molecule has 1 aromatic carbocycles. The molecule has 3 rings (SSSR count). The fourth-order valence-electron chi connectivity index (χ4n) is 3.16. The van der Waals surface area contributed by atoms with Gasteiger partial charge in [0.2, 0.25) is 0 Å². The molecule has 0 saturated heterocycles. The lowest BCUT2D eigenvalue weighted by molar-refractivity contribution is -0.137. The van der Waals surface area contributed by atoms with Crippen molar-refractivity contribution in [1.82, 2.24) is 9.55 Å². The van der Waals surface area contributed by atoms with Gasteiger partial charge in [0.05, 0.1) is 12.5 Å². The summed E-state index contributed by atoms with van der Waals surface area (Å²) in [5, 5.41) is 9.22. The third-order valence-corrected chi connectivity index (χ3v) is 5.43. The second kappa shape index (κ2) is 7.40. The monoisotopic (exact) mass is 388 g/mol. The number of hydrogen-bond donors (Lipinski definition) is 2. The average Bonchev–Trinajstić information content (AvgIpc) is 2.93. The van der Waals surface area contributed by atoms with E-state index in [2.05, 4.69) is 4.98 Å². The minimum atomic E-state index is -0.961. The number of aromatic nitrogens is 2. The van der Waals surface area contributed by atoms with Crippen molar-refractivity contribution in [2.24, 2.45) is 0 Å². The van der Waals surface area contributed by atoms with Gasteiger partial charge < -0.3 is 9.84 Å². The Labute approximate surface area is 158 Å². The topological polar surface area (TPSA) is 101 Å². The van der Waals surface area contributed by atoms with Gasteiger partial charge in [-0.1, -0.05) is 11.6 Å². The number of aliphatic carboxylic acids is 1. The number of carboxylic acid groups (broad SMARTS) is 1. The van der Waals surface area contributed by atoms with Crippen molar-refractivity contribution in [3.8, 4) is 16.9 Å². The third kappa shape index (κ3) is 3.52. The van der Waals surface area contributed by atoms with Crippen molar-refractivity contribution in [3.63, 3.8) is 0 Å². The van der Waals surface area contributed by atoms with E-state index in [9.17, 15) is 14.4 Å². The molecule has 3 aromatic rings. The third-order valence-electron chi connectivity index (χ3n) is 4.41. The number of carboxylic acids is 1. The van der Waals surface area contributed by atoms with Gasteiger partial charge in [0, 0.05) is 29.0 Å². The Morgan fingerprint density at radius 1 is 1.30 bits per heavy atom. The molecule has 0 radical (unpaired) electrons. The fourth-order valence-corrected chi connectivity index (χ4v) is 4.21. The zero-order valence-electron chi connectivity index (χ0n) is 15.3. The van der Waals surface area contributed by atoms with Crippen LogP contribution >= 0.6 is 11.3 Å². The van der Waals surface area contributed by atoms with Gasteiger partial charge in [0.25, 0.3) is 5.56 Å². The molecule has 0 aliphatic rings. The summed E-state index contributed by atoms with van der Waals surface area (Å²) in [7, 11) is 1.57. The molecule has 0 spiro atoms. The molecule has 0 fully saturated rings. The predicted octanol–water partition coefficient (Wildman–Crippen LogP) is 2.91. The SMILES string of the molecule is COc1ccc(C)cc1-c1c(C)sc2[nH]c(=O)n(CCCC(=O)O)c(=O)c12. The predicted molar refractivity (Wildman–Crippen MR) is 105 cm³/mol. The first-order valence-corrected chi connectivity index (χ1v) is 9.28. The highest BCUT2D eigenvalue weighted by atomic mass is 32.1. The minimum Gasteiger partial charge on any atom is -0.496 e. The van der Waals surface area contributed by atoms with Crippen LogP contribution in [0, 0.1) is 13.8 Å². The van der Waals surface area contributed by atoms with Crippen molar-refractivity contribution in [3.05, 3.63) is 49.5 Å². The number of rotatable bonds is 6. The molecular weight excluding hydrogens is 368 g/mol. The first kappa shape index (κ1) is 18.9. The van der Waals surface area contributed by atoms with Crippen LogP contribution in [0.4, 0.5) is 0 Å². The molecule has 27 heavy (non-hydrogen) atoms. The first-order chi connectivity index (χ1) is 12.8. The number of thiophene rings is 1. The number of H-pyrrole nitrogens is 1. The summed E-state index contributed by atoms with van der Waals surface area (Å²) in [5.74, 6) is -0.316. The summed E-state index contributed by atoms with van der Waals surface area (Å²) in [6, 6.07) is 5.73. The summed E-state index contributed by atoms with van der Waals surface area (Å²) in [5.41, 5.74) is 1.62. The summed E-state index contributed by atoms with van der Waals surface area (Å²) in [4.78, 5) is 40.3. The number of fused-ring (bicyclic) bond motifs is 1. The standard InChI is InChI=1S/C19H20N2O5S/c1-10-6-7-13(26-3)12(9-10)15-11(2)27-17-16(15)18(24)21(19(25)20-17)8-4-5-14(22)23/h6-7,9H,4-5,8H2,1-3H3,(H,20,25)(H,22,23). The molecule has 0 aliphatic carbocycles. The van der Waals surface area contributed by atoms with Gasteiger partial charge in [0.15, 0.2) is 0 Å². The molecule has 142 valence electrons. The molecule has 0 atom stereocenters. The largest absolute Gasteiger partial charge is 0.496 e. The van der Waals surface area contributed by atoms with Gasteiger partial charge in [-0.3, -0.25) is 19.1 Å². The molecule has 2 aromatic heterocycles. The molecular formula is C19H20N2O5S. The zero-order chi connectivity index (χ0) is 19.7. The molecule has 0 unspecified atom stereocenters. The van der Waals surface area contributed by atoms with Crippen molar-refractivity contribution in [1.29, 1.82) is 0 Å². The summed E-state index contributed by atoms with van der Waals surface area (Å²) in [6.07, 6.45) is 0.0984. The molecule has 2 heterocycles. The Balaban J connectivity index is 2.25. The van der Waals surface area contributed by atoms with Gasteiger partial charge in [-0.2, -0.15) is 0 Å². The highest BCUT2D eigenvalue weighted by Gasteiger charge is 2.20. The van der Waals surface area contributed by atoms with Crippen LogP contribution in [-0.2, 0) is 11.3 Å². The van der Waals surface area contributed by atoms with Crippen LogP contribution in [0.15, 0.2) is 27.8 Å². The highest BCUT2D eigenvalue weighted by molar-refractivity contribution is 7.19. The van der Waals surface area contributed by atoms with Crippen LogP contribution in [0.1, 0.15) is 23.3 Å². The molecule has 0 amide bonds. The van der Waals surface area contributed by atoms with Gasteiger partial charge in [-0.15, -0.1) is 11.3 Å². The van der Waals surface area contributed by atoms with Crippen molar-refractivity contribution >= 4 is 27.5 Å². The maximum absolute atomic E-state index is 13.1.